The first-order chi connectivity index (χ1) is 9.95. The quantitative estimate of drug-likeness (QED) is 0.492. The molecule has 0 bridgehead atoms. The number of hydrogen-bond acceptors (Lipinski definition) is 0. The van der Waals surface area contributed by atoms with Gasteiger partial charge in [0.1, 0.15) is 0 Å². The topological polar surface area (TPSA) is 0 Å². The van der Waals surface area contributed by atoms with E-state index >= 15 is 0 Å². The van der Waals surface area contributed by atoms with Crippen molar-refractivity contribution in [1.29, 1.82) is 0 Å². The molecule has 0 fully saturated rings. The zero-order chi connectivity index (χ0) is 15.4. The van der Waals surface area contributed by atoms with Crippen molar-refractivity contribution < 1.29 is 0 Å². The lowest BCUT2D eigenvalue weighted by molar-refractivity contribution is 0.647. The largest absolute Gasteiger partial charge is 0.0835 e. The van der Waals surface area contributed by atoms with E-state index in [0.29, 0.717) is 16.0 Å². The maximum Gasteiger partial charge on any atom is 0.0595 e. The summed E-state index contributed by atoms with van der Waals surface area (Å²) in [6, 6.07) is 14.7. The van der Waals surface area contributed by atoms with Crippen LogP contribution in [0.2, 0.25) is 10.0 Å². The number of benzene rings is 2. The van der Waals surface area contributed by atoms with E-state index in [-0.39, 0.29) is 4.83 Å². The molecule has 2 rings (SSSR count). The van der Waals surface area contributed by atoms with Crippen LogP contribution in [0.1, 0.15) is 35.4 Å². The third-order valence-electron chi connectivity index (χ3n) is 3.38. The molecule has 0 radical (unpaired) electrons. The molecule has 0 heterocycles. The predicted molar refractivity (Wildman–Crippen MR) is 96.8 cm³/mol. The Kier molecular flexibility index (Phi) is 6.16. The van der Waals surface area contributed by atoms with E-state index in [1.54, 1.807) is 0 Å². The van der Waals surface area contributed by atoms with Crippen LogP contribution in [-0.2, 0) is 12.8 Å². The fourth-order valence-corrected chi connectivity index (χ4v) is 3.33. The van der Waals surface area contributed by atoms with Crippen LogP contribution in [0.25, 0.3) is 0 Å². The highest BCUT2D eigenvalue weighted by atomic mass is 79.9. The summed E-state index contributed by atoms with van der Waals surface area (Å²) in [4.78, 5) is 0.280. The van der Waals surface area contributed by atoms with E-state index in [1.807, 2.05) is 18.2 Å². The van der Waals surface area contributed by atoms with Crippen molar-refractivity contribution in [2.45, 2.75) is 31.5 Å². The second-order valence-corrected chi connectivity index (χ2v) is 7.68. The molecular weight excluding hydrogens is 367 g/mol. The van der Waals surface area contributed by atoms with E-state index in [9.17, 15) is 0 Å². The van der Waals surface area contributed by atoms with Gasteiger partial charge in [0.15, 0.2) is 0 Å². The fourth-order valence-electron chi connectivity index (χ4n) is 2.33. The Morgan fingerprint density at radius 1 is 0.857 bits per heavy atom. The first kappa shape index (κ1) is 16.9. The van der Waals surface area contributed by atoms with Crippen LogP contribution in [0.3, 0.4) is 0 Å². The van der Waals surface area contributed by atoms with E-state index in [4.69, 9.17) is 23.2 Å². The molecular formula is C18H19BrCl2. The van der Waals surface area contributed by atoms with Crippen LogP contribution >= 0.6 is 39.1 Å². The average Bonchev–Trinajstić information content (AvgIpc) is 2.43. The van der Waals surface area contributed by atoms with Gasteiger partial charge in [0.05, 0.1) is 10.0 Å². The van der Waals surface area contributed by atoms with Crippen molar-refractivity contribution in [2.24, 2.45) is 5.92 Å². The summed E-state index contributed by atoms with van der Waals surface area (Å²) in [7, 11) is 0. The van der Waals surface area contributed by atoms with Crippen molar-refractivity contribution in [3.63, 3.8) is 0 Å². The minimum absolute atomic E-state index is 0.280. The van der Waals surface area contributed by atoms with Gasteiger partial charge >= 0.3 is 0 Å². The lowest BCUT2D eigenvalue weighted by Gasteiger charge is -2.12. The second kappa shape index (κ2) is 7.67. The van der Waals surface area contributed by atoms with Gasteiger partial charge in [-0.25, -0.2) is 0 Å². The Balaban J connectivity index is 2.05. The molecule has 2 aromatic rings. The molecule has 0 aliphatic carbocycles. The van der Waals surface area contributed by atoms with E-state index in [0.717, 1.165) is 12.8 Å². The number of halogens is 3. The predicted octanol–water partition coefficient (Wildman–Crippen LogP) is 6.87. The molecule has 21 heavy (non-hydrogen) atoms. The summed E-state index contributed by atoms with van der Waals surface area (Å²) in [5.74, 6) is 0.687. The number of alkyl halides is 1. The summed E-state index contributed by atoms with van der Waals surface area (Å²) < 4.78 is 0. The zero-order valence-corrected chi connectivity index (χ0v) is 15.3. The number of hydrogen-bond donors (Lipinski definition) is 0. The van der Waals surface area contributed by atoms with Gasteiger partial charge in [0, 0.05) is 4.83 Å². The van der Waals surface area contributed by atoms with Crippen LogP contribution in [0.5, 0.6) is 0 Å². The molecule has 2 aromatic carbocycles. The minimum atomic E-state index is 0.280. The summed E-state index contributed by atoms with van der Waals surface area (Å²) in [6.45, 7) is 4.48. The Labute approximate surface area is 145 Å². The average molecular weight is 386 g/mol. The van der Waals surface area contributed by atoms with E-state index < -0.39 is 0 Å². The third-order valence-corrected chi connectivity index (χ3v) is 4.98. The van der Waals surface area contributed by atoms with Crippen LogP contribution in [0.4, 0.5) is 0 Å². The Bertz CT molecular complexity index is 591. The Morgan fingerprint density at radius 2 is 1.48 bits per heavy atom. The van der Waals surface area contributed by atoms with Crippen LogP contribution in [-0.4, -0.2) is 0 Å². The van der Waals surface area contributed by atoms with Crippen LogP contribution in [0, 0.1) is 5.92 Å². The third kappa shape index (κ3) is 5.02. The summed E-state index contributed by atoms with van der Waals surface area (Å²) in [5.41, 5.74) is 3.86. The van der Waals surface area contributed by atoms with Crippen molar-refractivity contribution in [2.75, 3.05) is 0 Å². The molecule has 0 aliphatic heterocycles. The smallest absolute Gasteiger partial charge is 0.0595 e. The summed E-state index contributed by atoms with van der Waals surface area (Å²) in [5, 5.41) is 1.21. The van der Waals surface area contributed by atoms with E-state index in [1.165, 1.54) is 16.7 Å². The standard InChI is InChI=1S/C18H19BrCl2/c1-12(2)9-13-3-6-15(7-4-13)16(19)10-14-5-8-17(20)18(21)11-14/h3-8,11-12,16H,9-10H2,1-2H3. The van der Waals surface area contributed by atoms with Crippen LogP contribution in [0.15, 0.2) is 42.5 Å². The Morgan fingerprint density at radius 3 is 2.05 bits per heavy atom. The molecule has 3 heteroatoms. The SMILES string of the molecule is CC(C)Cc1ccc(C(Br)Cc2ccc(Cl)c(Cl)c2)cc1. The van der Waals surface area contributed by atoms with E-state index in [2.05, 4.69) is 54.0 Å². The highest BCUT2D eigenvalue weighted by Crippen LogP contribution is 2.30. The molecule has 0 spiro atoms. The van der Waals surface area contributed by atoms with Gasteiger partial charge in [-0.15, -0.1) is 0 Å². The normalized spacial score (nSPS) is 12.7. The van der Waals surface area contributed by atoms with Crippen LogP contribution < -0.4 is 0 Å². The van der Waals surface area contributed by atoms with Crippen molar-refractivity contribution in [3.05, 3.63) is 69.2 Å². The molecule has 0 saturated carbocycles. The lowest BCUT2D eigenvalue weighted by Crippen LogP contribution is -1.98. The first-order valence-corrected chi connectivity index (χ1v) is 8.79. The zero-order valence-electron chi connectivity index (χ0n) is 12.2. The fraction of sp³-hybridized carbons (Fsp3) is 0.333. The molecule has 0 amide bonds. The maximum atomic E-state index is 6.07. The van der Waals surface area contributed by atoms with Gasteiger partial charge in [-0.1, -0.05) is 83.3 Å². The highest BCUT2D eigenvalue weighted by Gasteiger charge is 2.10. The molecule has 0 saturated heterocycles. The lowest BCUT2D eigenvalue weighted by atomic mass is 9.99. The first-order valence-electron chi connectivity index (χ1n) is 7.12. The molecule has 0 N–H and O–H groups in total. The van der Waals surface area contributed by atoms with Crippen molar-refractivity contribution >= 4 is 39.1 Å². The van der Waals surface area contributed by atoms with Gasteiger partial charge in [-0.3, -0.25) is 0 Å². The van der Waals surface area contributed by atoms with Gasteiger partial charge in [-0.05, 0) is 47.6 Å². The highest BCUT2D eigenvalue weighted by molar-refractivity contribution is 9.09. The molecule has 0 nitrogen and oxygen atoms in total. The summed E-state index contributed by atoms with van der Waals surface area (Å²) >= 11 is 15.8. The van der Waals surface area contributed by atoms with Gasteiger partial charge < -0.3 is 0 Å². The minimum Gasteiger partial charge on any atom is -0.0835 e. The Hall–Kier alpha value is -0.500. The van der Waals surface area contributed by atoms with Gasteiger partial charge in [-0.2, -0.15) is 0 Å². The van der Waals surface area contributed by atoms with Gasteiger partial charge in [0.2, 0.25) is 0 Å². The molecule has 0 aliphatic rings. The van der Waals surface area contributed by atoms with Crippen molar-refractivity contribution in [1.82, 2.24) is 0 Å². The summed E-state index contributed by atoms with van der Waals surface area (Å²) in [6.07, 6.45) is 2.01. The van der Waals surface area contributed by atoms with Gasteiger partial charge in [0.25, 0.3) is 0 Å². The monoisotopic (exact) mass is 384 g/mol. The molecule has 1 unspecified atom stereocenters. The molecule has 1 atom stereocenters. The maximum absolute atomic E-state index is 6.07. The second-order valence-electron chi connectivity index (χ2n) is 5.76. The number of rotatable bonds is 5. The molecule has 0 aromatic heterocycles. The van der Waals surface area contributed by atoms with Crippen molar-refractivity contribution in [3.8, 4) is 0 Å². The molecule has 112 valence electrons.